The number of ether oxygens (including phenoxy) is 1. The first-order valence-electron chi connectivity index (χ1n) is 9.40. The first kappa shape index (κ1) is 21.3. The first-order chi connectivity index (χ1) is 12.6. The second kappa shape index (κ2) is 10.3. The molecule has 2 N–H and O–H groups in total. The van der Waals surface area contributed by atoms with Crippen LogP contribution in [0.3, 0.4) is 0 Å². The molecule has 3 rings (SSSR count). The number of hydrogen-bond donors (Lipinski definition) is 2. The lowest BCUT2D eigenvalue weighted by Crippen LogP contribution is -2.27. The van der Waals surface area contributed by atoms with Gasteiger partial charge in [-0.15, -0.1) is 12.4 Å². The van der Waals surface area contributed by atoms with E-state index in [-0.39, 0.29) is 18.3 Å². The summed E-state index contributed by atoms with van der Waals surface area (Å²) < 4.78 is 7.55. The Bertz CT molecular complexity index is 712. The zero-order valence-electron chi connectivity index (χ0n) is 16.0. The van der Waals surface area contributed by atoms with E-state index in [2.05, 4.69) is 29.6 Å². The molecule has 1 unspecified atom stereocenters. The van der Waals surface area contributed by atoms with Crippen molar-refractivity contribution in [3.8, 4) is 11.4 Å². The highest BCUT2D eigenvalue weighted by Crippen LogP contribution is 2.21. The standard InChI is InChI=1S/C20H28N4O2.ClH/c1-15(2)14-26-18-13-24(17-6-4-3-5-7-17)23-19(18)20(25)22-11-9-16-8-10-21-12-16;/h3-7,13,15-16,21H,8-12,14H2,1-2H3,(H,22,25);1H. The number of hydrogen-bond acceptors (Lipinski definition) is 4. The third-order valence-corrected chi connectivity index (χ3v) is 4.49. The minimum Gasteiger partial charge on any atom is -0.489 e. The van der Waals surface area contributed by atoms with Crippen LogP contribution in [-0.2, 0) is 0 Å². The van der Waals surface area contributed by atoms with E-state index in [4.69, 9.17) is 4.74 Å². The van der Waals surface area contributed by atoms with Crippen molar-refractivity contribution in [2.75, 3.05) is 26.2 Å². The number of halogens is 1. The van der Waals surface area contributed by atoms with Crippen LogP contribution in [0.4, 0.5) is 0 Å². The summed E-state index contributed by atoms with van der Waals surface area (Å²) in [6, 6.07) is 9.75. The van der Waals surface area contributed by atoms with Crippen LogP contribution in [0, 0.1) is 11.8 Å². The fourth-order valence-electron chi connectivity index (χ4n) is 3.02. The van der Waals surface area contributed by atoms with Crippen molar-refractivity contribution < 1.29 is 9.53 Å². The fraction of sp³-hybridized carbons (Fsp3) is 0.500. The molecule has 1 aliphatic heterocycles. The number of carbonyl (C=O) groups excluding carboxylic acids is 1. The quantitative estimate of drug-likeness (QED) is 0.724. The third-order valence-electron chi connectivity index (χ3n) is 4.49. The van der Waals surface area contributed by atoms with Crippen molar-refractivity contribution in [3.63, 3.8) is 0 Å². The number of aromatic nitrogens is 2. The lowest BCUT2D eigenvalue weighted by Gasteiger charge is -2.10. The van der Waals surface area contributed by atoms with Gasteiger partial charge in [0.15, 0.2) is 11.4 Å². The van der Waals surface area contributed by atoms with Crippen LogP contribution in [0.1, 0.15) is 37.2 Å². The van der Waals surface area contributed by atoms with Gasteiger partial charge >= 0.3 is 0 Å². The van der Waals surface area contributed by atoms with E-state index in [0.29, 0.717) is 36.4 Å². The fourth-order valence-corrected chi connectivity index (χ4v) is 3.02. The summed E-state index contributed by atoms with van der Waals surface area (Å²) >= 11 is 0. The number of nitrogens with zero attached hydrogens (tertiary/aromatic N) is 2. The topological polar surface area (TPSA) is 68.2 Å². The van der Waals surface area contributed by atoms with E-state index in [1.165, 1.54) is 6.42 Å². The van der Waals surface area contributed by atoms with Crippen LogP contribution in [0.5, 0.6) is 5.75 Å². The van der Waals surface area contributed by atoms with Gasteiger partial charge in [0.05, 0.1) is 18.5 Å². The van der Waals surface area contributed by atoms with Crippen LogP contribution in [0.2, 0.25) is 0 Å². The number of nitrogens with one attached hydrogen (secondary N) is 2. The summed E-state index contributed by atoms with van der Waals surface area (Å²) in [5.41, 5.74) is 1.25. The van der Waals surface area contributed by atoms with E-state index in [9.17, 15) is 4.79 Å². The second-order valence-electron chi connectivity index (χ2n) is 7.23. The predicted molar refractivity (Wildman–Crippen MR) is 109 cm³/mol. The first-order valence-corrected chi connectivity index (χ1v) is 9.40. The van der Waals surface area contributed by atoms with Gasteiger partial charge in [-0.2, -0.15) is 5.10 Å². The zero-order valence-corrected chi connectivity index (χ0v) is 16.8. The highest BCUT2D eigenvalue weighted by Gasteiger charge is 2.20. The Morgan fingerprint density at radius 3 is 2.81 bits per heavy atom. The largest absolute Gasteiger partial charge is 0.489 e. The molecule has 1 fully saturated rings. The third kappa shape index (κ3) is 5.97. The second-order valence-corrected chi connectivity index (χ2v) is 7.23. The molecule has 1 amide bonds. The van der Waals surface area contributed by atoms with Gasteiger partial charge in [0, 0.05) is 6.54 Å². The van der Waals surface area contributed by atoms with Gasteiger partial charge in [0.1, 0.15) is 0 Å². The zero-order chi connectivity index (χ0) is 18.4. The molecular formula is C20H29ClN4O2. The van der Waals surface area contributed by atoms with Gasteiger partial charge in [-0.25, -0.2) is 4.68 Å². The number of carbonyl (C=O) groups is 1. The normalized spacial score (nSPS) is 16.2. The number of benzene rings is 1. The Balaban J connectivity index is 0.00000261. The Labute approximate surface area is 167 Å². The van der Waals surface area contributed by atoms with Gasteiger partial charge in [-0.1, -0.05) is 32.0 Å². The van der Waals surface area contributed by atoms with Crippen molar-refractivity contribution in [2.45, 2.75) is 26.7 Å². The Morgan fingerprint density at radius 1 is 1.37 bits per heavy atom. The molecule has 1 saturated heterocycles. The molecule has 2 aromatic rings. The van der Waals surface area contributed by atoms with Crippen molar-refractivity contribution >= 4 is 18.3 Å². The molecule has 1 atom stereocenters. The summed E-state index contributed by atoms with van der Waals surface area (Å²) in [6.45, 7) is 7.49. The minimum atomic E-state index is -0.176. The highest BCUT2D eigenvalue weighted by atomic mass is 35.5. The lowest BCUT2D eigenvalue weighted by atomic mass is 10.1. The summed E-state index contributed by atoms with van der Waals surface area (Å²) in [5, 5.41) is 10.8. The summed E-state index contributed by atoms with van der Waals surface area (Å²) in [4.78, 5) is 12.6. The van der Waals surface area contributed by atoms with Crippen LogP contribution < -0.4 is 15.4 Å². The SMILES string of the molecule is CC(C)COc1cn(-c2ccccc2)nc1C(=O)NCCC1CCNC1.Cl. The molecule has 0 aliphatic carbocycles. The van der Waals surface area contributed by atoms with Crippen LogP contribution in [0.25, 0.3) is 5.69 Å². The maximum atomic E-state index is 12.6. The summed E-state index contributed by atoms with van der Waals surface area (Å²) in [5.74, 6) is 1.38. The van der Waals surface area contributed by atoms with Crippen molar-refractivity contribution in [1.29, 1.82) is 0 Å². The predicted octanol–water partition coefficient (Wildman–Crippen LogP) is 3.06. The van der Waals surface area contributed by atoms with Crippen molar-refractivity contribution in [1.82, 2.24) is 20.4 Å². The molecule has 0 radical (unpaired) electrons. The highest BCUT2D eigenvalue weighted by molar-refractivity contribution is 5.94. The van der Waals surface area contributed by atoms with Crippen LogP contribution >= 0.6 is 12.4 Å². The number of rotatable bonds is 8. The van der Waals surface area contributed by atoms with Gasteiger partial charge in [-0.3, -0.25) is 4.79 Å². The summed E-state index contributed by atoms with van der Waals surface area (Å²) in [7, 11) is 0. The van der Waals surface area contributed by atoms with E-state index in [0.717, 1.165) is 25.2 Å². The minimum absolute atomic E-state index is 0. The Morgan fingerprint density at radius 2 is 2.15 bits per heavy atom. The van der Waals surface area contributed by atoms with Gasteiger partial charge < -0.3 is 15.4 Å². The van der Waals surface area contributed by atoms with E-state index in [1.54, 1.807) is 10.9 Å². The van der Waals surface area contributed by atoms with Crippen LogP contribution in [-0.4, -0.2) is 41.9 Å². The maximum absolute atomic E-state index is 12.6. The molecular weight excluding hydrogens is 364 g/mol. The molecule has 148 valence electrons. The van der Waals surface area contributed by atoms with Gasteiger partial charge in [0.2, 0.25) is 0 Å². The lowest BCUT2D eigenvalue weighted by molar-refractivity contribution is 0.0941. The molecule has 0 saturated carbocycles. The molecule has 0 bridgehead atoms. The van der Waals surface area contributed by atoms with E-state index < -0.39 is 0 Å². The van der Waals surface area contributed by atoms with Crippen molar-refractivity contribution in [2.24, 2.45) is 11.8 Å². The molecule has 6 nitrogen and oxygen atoms in total. The van der Waals surface area contributed by atoms with Gasteiger partial charge in [0.25, 0.3) is 5.91 Å². The number of para-hydroxylation sites is 1. The number of amides is 1. The maximum Gasteiger partial charge on any atom is 0.275 e. The molecule has 1 aliphatic rings. The monoisotopic (exact) mass is 392 g/mol. The molecule has 2 heterocycles. The molecule has 0 spiro atoms. The molecule has 27 heavy (non-hydrogen) atoms. The molecule has 1 aromatic heterocycles. The smallest absolute Gasteiger partial charge is 0.275 e. The molecule has 7 heteroatoms. The summed E-state index contributed by atoms with van der Waals surface area (Å²) in [6.07, 6.45) is 3.95. The van der Waals surface area contributed by atoms with E-state index >= 15 is 0 Å². The Hall–Kier alpha value is -2.05. The Kier molecular flexibility index (Phi) is 8.13. The molecule has 1 aromatic carbocycles. The van der Waals surface area contributed by atoms with E-state index in [1.807, 2.05) is 30.3 Å². The van der Waals surface area contributed by atoms with Crippen LogP contribution in [0.15, 0.2) is 36.5 Å². The average Bonchev–Trinajstić information content (AvgIpc) is 3.30. The van der Waals surface area contributed by atoms with Crippen molar-refractivity contribution in [3.05, 3.63) is 42.2 Å². The average molecular weight is 393 g/mol. The van der Waals surface area contributed by atoms with Gasteiger partial charge in [-0.05, 0) is 49.9 Å².